The predicted molar refractivity (Wildman–Crippen MR) is 84.8 cm³/mol. The first kappa shape index (κ1) is 15.8. The molecule has 1 aromatic heterocycles. The van der Waals surface area contributed by atoms with Crippen LogP contribution in [0.5, 0.6) is 0 Å². The first-order valence-corrected chi connectivity index (χ1v) is 7.12. The molecule has 0 aliphatic carbocycles. The first-order chi connectivity index (χ1) is 10.5. The molecule has 0 aliphatic heterocycles. The van der Waals surface area contributed by atoms with Crippen molar-refractivity contribution in [2.45, 2.75) is 27.3 Å². The molecule has 0 radical (unpaired) electrons. The molecule has 2 aromatic rings. The Hall–Kier alpha value is -2.63. The Morgan fingerprint density at radius 2 is 2.00 bits per heavy atom. The number of benzene rings is 1. The number of amides is 2. The maximum absolute atomic E-state index is 12.1. The van der Waals surface area contributed by atoms with E-state index in [4.69, 9.17) is 0 Å². The lowest BCUT2D eigenvalue weighted by Crippen LogP contribution is -2.27. The molecular weight excluding hydrogens is 280 g/mol. The molecule has 0 aliphatic rings. The standard InChI is InChI=1S/C16H20N4O2/c1-11-9-12(2)20(19-11)8-7-17-16(22)14-5-4-6-15(10-14)18-13(3)21/h4-6,9-10H,7-8H2,1-3H3,(H,17,22)(H,18,21). The number of nitrogens with zero attached hydrogens (tertiary/aromatic N) is 2. The highest BCUT2D eigenvalue weighted by molar-refractivity contribution is 5.96. The zero-order chi connectivity index (χ0) is 16.1. The fraction of sp³-hybridized carbons (Fsp3) is 0.312. The molecule has 2 N–H and O–H groups in total. The topological polar surface area (TPSA) is 76.0 Å². The predicted octanol–water partition coefficient (Wildman–Crippen LogP) is 1.89. The molecule has 2 amide bonds. The average molecular weight is 300 g/mol. The number of nitrogens with one attached hydrogen (secondary N) is 2. The van der Waals surface area contributed by atoms with Crippen LogP contribution in [0.3, 0.4) is 0 Å². The lowest BCUT2D eigenvalue weighted by molar-refractivity contribution is -0.114. The van der Waals surface area contributed by atoms with Crippen LogP contribution in [0, 0.1) is 13.8 Å². The molecule has 0 saturated carbocycles. The molecule has 0 saturated heterocycles. The molecule has 1 aromatic carbocycles. The van der Waals surface area contributed by atoms with Crippen molar-refractivity contribution in [2.75, 3.05) is 11.9 Å². The molecule has 0 fully saturated rings. The minimum atomic E-state index is -0.172. The summed E-state index contributed by atoms with van der Waals surface area (Å²) in [5.41, 5.74) is 3.16. The highest BCUT2D eigenvalue weighted by Gasteiger charge is 2.07. The molecule has 22 heavy (non-hydrogen) atoms. The molecule has 1 heterocycles. The Bertz CT molecular complexity index is 691. The van der Waals surface area contributed by atoms with Gasteiger partial charge >= 0.3 is 0 Å². The van der Waals surface area contributed by atoms with Crippen LogP contribution in [0.15, 0.2) is 30.3 Å². The summed E-state index contributed by atoms with van der Waals surface area (Å²) in [5, 5.41) is 9.86. The fourth-order valence-corrected chi connectivity index (χ4v) is 2.22. The van der Waals surface area contributed by atoms with Crippen LogP contribution in [0.1, 0.15) is 28.7 Å². The molecule has 0 unspecified atom stereocenters. The quantitative estimate of drug-likeness (QED) is 0.885. The molecule has 2 rings (SSSR count). The minimum Gasteiger partial charge on any atom is -0.350 e. The van der Waals surface area contributed by atoms with Gasteiger partial charge in [-0.1, -0.05) is 6.07 Å². The van der Waals surface area contributed by atoms with Gasteiger partial charge in [-0.25, -0.2) is 0 Å². The highest BCUT2D eigenvalue weighted by Crippen LogP contribution is 2.10. The van der Waals surface area contributed by atoms with Gasteiger partial charge in [0.2, 0.25) is 5.91 Å². The highest BCUT2D eigenvalue weighted by atomic mass is 16.2. The van der Waals surface area contributed by atoms with E-state index in [9.17, 15) is 9.59 Å². The van der Waals surface area contributed by atoms with E-state index in [0.29, 0.717) is 24.3 Å². The summed E-state index contributed by atoms with van der Waals surface area (Å²) in [7, 11) is 0. The van der Waals surface area contributed by atoms with Crippen molar-refractivity contribution in [2.24, 2.45) is 0 Å². The van der Waals surface area contributed by atoms with Gasteiger partial charge in [-0.2, -0.15) is 5.10 Å². The number of carbonyl (C=O) groups is 2. The van der Waals surface area contributed by atoms with Crippen molar-refractivity contribution in [3.8, 4) is 0 Å². The van der Waals surface area contributed by atoms with Crippen LogP contribution in [0.2, 0.25) is 0 Å². The summed E-state index contributed by atoms with van der Waals surface area (Å²) < 4.78 is 1.86. The Labute approximate surface area is 129 Å². The zero-order valence-corrected chi connectivity index (χ0v) is 13.0. The molecular formula is C16H20N4O2. The summed E-state index contributed by atoms with van der Waals surface area (Å²) in [6.07, 6.45) is 0. The van der Waals surface area contributed by atoms with E-state index in [2.05, 4.69) is 15.7 Å². The van der Waals surface area contributed by atoms with Crippen molar-refractivity contribution in [3.63, 3.8) is 0 Å². The second kappa shape index (κ2) is 6.89. The van der Waals surface area contributed by atoms with Crippen molar-refractivity contribution < 1.29 is 9.59 Å². The lowest BCUT2D eigenvalue weighted by Gasteiger charge is -2.08. The van der Waals surface area contributed by atoms with E-state index < -0.39 is 0 Å². The van der Waals surface area contributed by atoms with Crippen LogP contribution in [0.4, 0.5) is 5.69 Å². The van der Waals surface area contributed by atoms with E-state index in [-0.39, 0.29) is 11.8 Å². The van der Waals surface area contributed by atoms with Gasteiger partial charge < -0.3 is 10.6 Å². The summed E-state index contributed by atoms with van der Waals surface area (Å²) in [6, 6.07) is 8.85. The Balaban J connectivity index is 1.92. The second-order valence-electron chi connectivity index (χ2n) is 5.17. The Kier molecular flexibility index (Phi) is 4.93. The van der Waals surface area contributed by atoms with Crippen LogP contribution in [0.25, 0.3) is 0 Å². The summed E-state index contributed by atoms with van der Waals surface area (Å²) in [5.74, 6) is -0.337. The van der Waals surface area contributed by atoms with Crippen molar-refractivity contribution in [1.29, 1.82) is 0 Å². The van der Waals surface area contributed by atoms with Gasteiger partial charge in [0.25, 0.3) is 5.91 Å². The summed E-state index contributed by atoms with van der Waals surface area (Å²) in [4.78, 5) is 23.1. The largest absolute Gasteiger partial charge is 0.350 e. The van der Waals surface area contributed by atoms with Gasteiger partial charge in [-0.05, 0) is 38.1 Å². The zero-order valence-electron chi connectivity index (χ0n) is 13.0. The van der Waals surface area contributed by atoms with Gasteiger partial charge in [0.05, 0.1) is 12.2 Å². The smallest absolute Gasteiger partial charge is 0.251 e. The average Bonchev–Trinajstić information content (AvgIpc) is 2.76. The maximum Gasteiger partial charge on any atom is 0.251 e. The fourth-order valence-electron chi connectivity index (χ4n) is 2.22. The van der Waals surface area contributed by atoms with Crippen molar-refractivity contribution in [1.82, 2.24) is 15.1 Å². The normalized spacial score (nSPS) is 10.3. The summed E-state index contributed by atoms with van der Waals surface area (Å²) in [6.45, 7) is 6.47. The Morgan fingerprint density at radius 1 is 1.23 bits per heavy atom. The lowest BCUT2D eigenvalue weighted by atomic mass is 10.2. The van der Waals surface area contributed by atoms with Crippen LogP contribution >= 0.6 is 0 Å². The van der Waals surface area contributed by atoms with Crippen LogP contribution in [-0.2, 0) is 11.3 Å². The van der Waals surface area contributed by atoms with E-state index in [1.165, 1.54) is 6.92 Å². The number of hydrogen-bond donors (Lipinski definition) is 2. The number of hydrogen-bond acceptors (Lipinski definition) is 3. The van der Waals surface area contributed by atoms with E-state index in [1.54, 1.807) is 24.3 Å². The van der Waals surface area contributed by atoms with Crippen molar-refractivity contribution >= 4 is 17.5 Å². The Morgan fingerprint density at radius 3 is 2.64 bits per heavy atom. The van der Waals surface area contributed by atoms with E-state index >= 15 is 0 Å². The third-order valence-corrected chi connectivity index (χ3v) is 3.16. The molecule has 0 atom stereocenters. The molecule has 6 heteroatoms. The van der Waals surface area contributed by atoms with Gasteiger partial charge in [-0.3, -0.25) is 14.3 Å². The molecule has 6 nitrogen and oxygen atoms in total. The monoisotopic (exact) mass is 300 g/mol. The summed E-state index contributed by atoms with van der Waals surface area (Å²) >= 11 is 0. The molecule has 116 valence electrons. The first-order valence-electron chi connectivity index (χ1n) is 7.12. The van der Waals surface area contributed by atoms with Crippen molar-refractivity contribution in [3.05, 3.63) is 47.3 Å². The number of aromatic nitrogens is 2. The van der Waals surface area contributed by atoms with Gasteiger partial charge in [0, 0.05) is 30.4 Å². The van der Waals surface area contributed by atoms with Crippen LogP contribution in [-0.4, -0.2) is 28.1 Å². The van der Waals surface area contributed by atoms with E-state index in [1.807, 2.05) is 24.6 Å². The van der Waals surface area contributed by atoms with Gasteiger partial charge in [0.15, 0.2) is 0 Å². The third-order valence-electron chi connectivity index (χ3n) is 3.16. The van der Waals surface area contributed by atoms with Gasteiger partial charge in [0.1, 0.15) is 0 Å². The minimum absolute atomic E-state index is 0.165. The second-order valence-corrected chi connectivity index (χ2v) is 5.17. The SMILES string of the molecule is CC(=O)Nc1cccc(C(=O)NCCn2nc(C)cc2C)c1. The van der Waals surface area contributed by atoms with Crippen LogP contribution < -0.4 is 10.6 Å². The third kappa shape index (κ3) is 4.18. The number of rotatable bonds is 5. The van der Waals surface area contributed by atoms with Gasteiger partial charge in [-0.15, -0.1) is 0 Å². The maximum atomic E-state index is 12.1. The number of carbonyl (C=O) groups excluding carboxylic acids is 2. The number of aryl methyl sites for hydroxylation is 2. The molecule has 0 bridgehead atoms. The molecule has 0 spiro atoms. The van der Waals surface area contributed by atoms with E-state index in [0.717, 1.165) is 11.4 Å². The number of anilines is 1.